The zero-order valence-corrected chi connectivity index (χ0v) is 10.2. The quantitative estimate of drug-likeness (QED) is 0.855. The lowest BCUT2D eigenvalue weighted by atomic mass is 10.0. The van der Waals surface area contributed by atoms with E-state index in [-0.39, 0.29) is 11.9 Å². The molecule has 0 aliphatic carbocycles. The molecule has 17 heavy (non-hydrogen) atoms. The van der Waals surface area contributed by atoms with E-state index in [0.717, 1.165) is 5.56 Å². The molecule has 0 aliphatic rings. The second-order valence-corrected chi connectivity index (χ2v) is 4.25. The standard InChI is InChI=1S/C15H17NO/c1-3-15(17)16-11(2)13-9-8-12-6-4-5-7-14(12)10-13/h4-11H,3H2,1-2H3,(H,16,17)/t11-/m0/s1. The van der Waals surface area contributed by atoms with Crippen molar-refractivity contribution in [1.29, 1.82) is 0 Å². The molecule has 0 radical (unpaired) electrons. The van der Waals surface area contributed by atoms with Crippen LogP contribution in [0.4, 0.5) is 0 Å². The van der Waals surface area contributed by atoms with E-state index >= 15 is 0 Å². The summed E-state index contributed by atoms with van der Waals surface area (Å²) >= 11 is 0. The third-order valence-corrected chi connectivity index (χ3v) is 2.97. The molecule has 0 heterocycles. The minimum Gasteiger partial charge on any atom is -0.350 e. The van der Waals surface area contributed by atoms with Gasteiger partial charge in [-0.2, -0.15) is 0 Å². The summed E-state index contributed by atoms with van der Waals surface area (Å²) in [5.41, 5.74) is 1.14. The first-order chi connectivity index (χ1) is 8.20. The van der Waals surface area contributed by atoms with Crippen LogP contribution in [0.2, 0.25) is 0 Å². The van der Waals surface area contributed by atoms with Gasteiger partial charge in [-0.1, -0.05) is 43.3 Å². The van der Waals surface area contributed by atoms with Crippen LogP contribution in [0, 0.1) is 0 Å². The van der Waals surface area contributed by atoms with E-state index in [1.54, 1.807) is 0 Å². The maximum absolute atomic E-state index is 11.3. The van der Waals surface area contributed by atoms with Crippen molar-refractivity contribution in [2.75, 3.05) is 0 Å². The monoisotopic (exact) mass is 227 g/mol. The van der Waals surface area contributed by atoms with E-state index in [9.17, 15) is 4.79 Å². The van der Waals surface area contributed by atoms with Crippen molar-refractivity contribution in [3.8, 4) is 0 Å². The minimum atomic E-state index is 0.0621. The molecule has 1 atom stereocenters. The van der Waals surface area contributed by atoms with Crippen LogP contribution in [-0.4, -0.2) is 5.91 Å². The molecule has 2 nitrogen and oxygen atoms in total. The Morgan fingerprint density at radius 1 is 1.18 bits per heavy atom. The second-order valence-electron chi connectivity index (χ2n) is 4.25. The first-order valence-corrected chi connectivity index (χ1v) is 5.98. The van der Waals surface area contributed by atoms with Crippen LogP contribution in [0.3, 0.4) is 0 Å². The number of benzene rings is 2. The predicted molar refractivity (Wildman–Crippen MR) is 70.8 cm³/mol. The highest BCUT2D eigenvalue weighted by Crippen LogP contribution is 2.20. The van der Waals surface area contributed by atoms with Crippen LogP contribution in [0.5, 0.6) is 0 Å². The molecule has 1 N–H and O–H groups in total. The van der Waals surface area contributed by atoms with Gasteiger partial charge in [-0.15, -0.1) is 0 Å². The van der Waals surface area contributed by atoms with Crippen LogP contribution >= 0.6 is 0 Å². The average Bonchev–Trinajstić information content (AvgIpc) is 2.38. The number of carbonyl (C=O) groups is 1. The molecular formula is C15H17NO. The van der Waals surface area contributed by atoms with E-state index in [4.69, 9.17) is 0 Å². The zero-order chi connectivity index (χ0) is 12.3. The van der Waals surface area contributed by atoms with Gasteiger partial charge in [0.15, 0.2) is 0 Å². The van der Waals surface area contributed by atoms with Gasteiger partial charge in [-0.05, 0) is 29.3 Å². The lowest BCUT2D eigenvalue weighted by Gasteiger charge is -2.14. The minimum absolute atomic E-state index is 0.0621. The van der Waals surface area contributed by atoms with Gasteiger partial charge in [-0.25, -0.2) is 0 Å². The van der Waals surface area contributed by atoms with E-state index < -0.39 is 0 Å². The predicted octanol–water partition coefficient (Wildman–Crippen LogP) is 3.43. The van der Waals surface area contributed by atoms with Gasteiger partial charge >= 0.3 is 0 Å². The van der Waals surface area contributed by atoms with Gasteiger partial charge in [-0.3, -0.25) is 4.79 Å². The first kappa shape index (κ1) is 11.6. The molecule has 88 valence electrons. The topological polar surface area (TPSA) is 29.1 Å². The smallest absolute Gasteiger partial charge is 0.220 e. The lowest BCUT2D eigenvalue weighted by molar-refractivity contribution is -0.121. The summed E-state index contributed by atoms with van der Waals surface area (Å²) in [6.07, 6.45) is 0.526. The van der Waals surface area contributed by atoms with Crippen molar-refractivity contribution in [3.05, 3.63) is 48.0 Å². The van der Waals surface area contributed by atoms with Crippen molar-refractivity contribution in [2.24, 2.45) is 0 Å². The molecule has 0 fully saturated rings. The highest BCUT2D eigenvalue weighted by Gasteiger charge is 2.08. The van der Waals surface area contributed by atoms with E-state index in [2.05, 4.69) is 35.6 Å². The van der Waals surface area contributed by atoms with Crippen molar-refractivity contribution < 1.29 is 4.79 Å². The third-order valence-electron chi connectivity index (χ3n) is 2.97. The maximum Gasteiger partial charge on any atom is 0.220 e. The third kappa shape index (κ3) is 2.64. The number of amides is 1. The van der Waals surface area contributed by atoms with Crippen LogP contribution in [0.1, 0.15) is 31.9 Å². The largest absolute Gasteiger partial charge is 0.350 e. The molecule has 1 amide bonds. The Bertz CT molecular complexity index is 533. The Labute approximate surface area is 102 Å². The molecular weight excluding hydrogens is 210 g/mol. The van der Waals surface area contributed by atoms with E-state index in [0.29, 0.717) is 6.42 Å². The van der Waals surface area contributed by atoms with E-state index in [1.807, 2.05) is 26.0 Å². The lowest BCUT2D eigenvalue weighted by Crippen LogP contribution is -2.25. The Hall–Kier alpha value is -1.83. The molecule has 2 heteroatoms. The Morgan fingerprint density at radius 2 is 1.88 bits per heavy atom. The molecule has 0 saturated heterocycles. The summed E-state index contributed by atoms with van der Waals surface area (Å²) in [5.74, 6) is 0.0886. The zero-order valence-electron chi connectivity index (χ0n) is 10.2. The molecule has 2 aromatic rings. The van der Waals surface area contributed by atoms with Crippen LogP contribution in [0.15, 0.2) is 42.5 Å². The number of rotatable bonds is 3. The summed E-state index contributed by atoms with van der Waals surface area (Å²) < 4.78 is 0. The molecule has 0 aromatic heterocycles. The van der Waals surface area contributed by atoms with Gasteiger partial charge in [0.2, 0.25) is 5.91 Å². The van der Waals surface area contributed by atoms with Gasteiger partial charge in [0.25, 0.3) is 0 Å². The summed E-state index contributed by atoms with van der Waals surface area (Å²) in [4.78, 5) is 11.3. The normalized spacial score (nSPS) is 12.4. The van der Waals surface area contributed by atoms with Crippen molar-refractivity contribution in [1.82, 2.24) is 5.32 Å². The van der Waals surface area contributed by atoms with Gasteiger partial charge in [0.1, 0.15) is 0 Å². The fraction of sp³-hybridized carbons (Fsp3) is 0.267. The van der Waals surface area contributed by atoms with Crippen LogP contribution in [-0.2, 0) is 4.79 Å². The molecule has 2 aromatic carbocycles. The first-order valence-electron chi connectivity index (χ1n) is 5.98. The number of hydrogen-bond acceptors (Lipinski definition) is 1. The number of fused-ring (bicyclic) bond motifs is 1. The summed E-state index contributed by atoms with van der Waals surface area (Å²) in [6, 6.07) is 14.6. The number of carbonyl (C=O) groups excluding carboxylic acids is 1. The maximum atomic E-state index is 11.3. The van der Waals surface area contributed by atoms with Crippen LogP contribution in [0.25, 0.3) is 10.8 Å². The average molecular weight is 227 g/mol. The molecule has 0 spiro atoms. The Morgan fingerprint density at radius 3 is 2.59 bits per heavy atom. The SMILES string of the molecule is CCC(=O)N[C@@H](C)c1ccc2ccccc2c1. The van der Waals surface area contributed by atoms with Crippen molar-refractivity contribution >= 4 is 16.7 Å². The molecule has 0 unspecified atom stereocenters. The second kappa shape index (κ2) is 5.00. The molecule has 0 saturated carbocycles. The molecule has 0 bridgehead atoms. The molecule has 2 rings (SSSR count). The summed E-state index contributed by atoms with van der Waals surface area (Å²) in [7, 11) is 0. The fourth-order valence-corrected chi connectivity index (χ4v) is 1.90. The van der Waals surface area contributed by atoms with Gasteiger partial charge in [0, 0.05) is 6.42 Å². The van der Waals surface area contributed by atoms with E-state index in [1.165, 1.54) is 10.8 Å². The molecule has 0 aliphatic heterocycles. The van der Waals surface area contributed by atoms with Crippen molar-refractivity contribution in [3.63, 3.8) is 0 Å². The summed E-state index contributed by atoms with van der Waals surface area (Å²) in [6.45, 7) is 3.88. The summed E-state index contributed by atoms with van der Waals surface area (Å²) in [5, 5.41) is 5.41. The van der Waals surface area contributed by atoms with Gasteiger partial charge < -0.3 is 5.32 Å². The van der Waals surface area contributed by atoms with Gasteiger partial charge in [0.05, 0.1) is 6.04 Å². The van der Waals surface area contributed by atoms with Crippen LogP contribution < -0.4 is 5.32 Å². The highest BCUT2D eigenvalue weighted by atomic mass is 16.1. The fourth-order valence-electron chi connectivity index (χ4n) is 1.90. The highest BCUT2D eigenvalue weighted by molar-refractivity contribution is 5.83. The Kier molecular flexibility index (Phi) is 3.43. The number of hydrogen-bond donors (Lipinski definition) is 1. The van der Waals surface area contributed by atoms with Crippen molar-refractivity contribution in [2.45, 2.75) is 26.3 Å². The number of nitrogens with one attached hydrogen (secondary N) is 1. The Balaban J connectivity index is 2.26.